The molecule has 0 spiro atoms. The van der Waals surface area contributed by atoms with Crippen LogP contribution in [0.2, 0.25) is 0 Å². The Morgan fingerprint density at radius 2 is 1.88 bits per heavy atom. The normalized spacial score (nSPS) is 14.2. The SMILES string of the molecule is CCOc1ccc(C(=O)C(C)(N)CC)cc1. The number of ketones is 1. The molecule has 1 unspecified atom stereocenters. The molecule has 0 radical (unpaired) electrons. The second-order valence-corrected chi connectivity index (χ2v) is 4.06. The number of carbonyl (C=O) groups is 1. The summed E-state index contributed by atoms with van der Waals surface area (Å²) in [5.74, 6) is 0.743. The molecule has 16 heavy (non-hydrogen) atoms. The first-order valence-corrected chi connectivity index (χ1v) is 5.57. The summed E-state index contributed by atoms with van der Waals surface area (Å²) in [7, 11) is 0. The molecule has 0 fully saturated rings. The summed E-state index contributed by atoms with van der Waals surface area (Å²) in [5, 5.41) is 0. The van der Waals surface area contributed by atoms with E-state index in [4.69, 9.17) is 10.5 Å². The van der Waals surface area contributed by atoms with Gasteiger partial charge < -0.3 is 10.5 Å². The minimum atomic E-state index is -0.785. The molecule has 2 N–H and O–H groups in total. The van der Waals surface area contributed by atoms with Crippen molar-refractivity contribution in [1.29, 1.82) is 0 Å². The molecule has 0 aliphatic carbocycles. The van der Waals surface area contributed by atoms with Crippen molar-refractivity contribution in [2.45, 2.75) is 32.7 Å². The first-order valence-electron chi connectivity index (χ1n) is 5.57. The van der Waals surface area contributed by atoms with E-state index in [2.05, 4.69) is 0 Å². The molecule has 88 valence electrons. The monoisotopic (exact) mass is 221 g/mol. The van der Waals surface area contributed by atoms with Crippen LogP contribution in [0.1, 0.15) is 37.6 Å². The summed E-state index contributed by atoms with van der Waals surface area (Å²) in [5.41, 5.74) is 5.76. The minimum Gasteiger partial charge on any atom is -0.494 e. The maximum absolute atomic E-state index is 12.0. The Hall–Kier alpha value is -1.35. The van der Waals surface area contributed by atoms with Crippen molar-refractivity contribution in [2.75, 3.05) is 6.61 Å². The summed E-state index contributed by atoms with van der Waals surface area (Å²) in [6, 6.07) is 7.10. The lowest BCUT2D eigenvalue weighted by molar-refractivity contribution is 0.0898. The summed E-state index contributed by atoms with van der Waals surface area (Å²) < 4.78 is 5.31. The van der Waals surface area contributed by atoms with Crippen LogP contribution in [0.4, 0.5) is 0 Å². The zero-order chi connectivity index (χ0) is 12.2. The zero-order valence-corrected chi connectivity index (χ0v) is 10.1. The smallest absolute Gasteiger partial charge is 0.182 e. The molecule has 0 aromatic heterocycles. The zero-order valence-electron chi connectivity index (χ0n) is 10.1. The number of nitrogens with two attached hydrogens (primary N) is 1. The Bertz CT molecular complexity index is 355. The van der Waals surface area contributed by atoms with Gasteiger partial charge in [-0.05, 0) is 44.5 Å². The molecule has 3 heteroatoms. The van der Waals surface area contributed by atoms with Crippen molar-refractivity contribution in [1.82, 2.24) is 0 Å². The number of ether oxygens (including phenoxy) is 1. The van der Waals surface area contributed by atoms with Gasteiger partial charge in [0.25, 0.3) is 0 Å². The Morgan fingerprint density at radius 1 is 1.31 bits per heavy atom. The van der Waals surface area contributed by atoms with Gasteiger partial charge in [-0.1, -0.05) is 6.92 Å². The maximum atomic E-state index is 12.0. The van der Waals surface area contributed by atoms with Crippen LogP contribution < -0.4 is 10.5 Å². The standard InChI is InChI=1S/C13H19NO2/c1-4-13(3,14)12(15)10-6-8-11(9-7-10)16-5-2/h6-9H,4-5,14H2,1-3H3. The predicted molar refractivity (Wildman–Crippen MR) is 64.8 cm³/mol. The number of rotatable bonds is 5. The van der Waals surface area contributed by atoms with Crippen LogP contribution in [-0.2, 0) is 0 Å². The predicted octanol–water partition coefficient (Wildman–Crippen LogP) is 2.40. The lowest BCUT2D eigenvalue weighted by Gasteiger charge is -2.20. The molecule has 0 bridgehead atoms. The highest BCUT2D eigenvalue weighted by Gasteiger charge is 2.26. The van der Waals surface area contributed by atoms with Crippen LogP contribution in [0, 0.1) is 0 Å². The van der Waals surface area contributed by atoms with Gasteiger partial charge in [0.15, 0.2) is 5.78 Å². The number of carbonyl (C=O) groups excluding carboxylic acids is 1. The Balaban J connectivity index is 2.86. The van der Waals surface area contributed by atoms with Gasteiger partial charge >= 0.3 is 0 Å². The van der Waals surface area contributed by atoms with E-state index in [9.17, 15) is 4.79 Å². The van der Waals surface area contributed by atoms with Gasteiger partial charge in [0.2, 0.25) is 0 Å². The van der Waals surface area contributed by atoms with Crippen LogP contribution in [0.25, 0.3) is 0 Å². The van der Waals surface area contributed by atoms with E-state index in [-0.39, 0.29) is 5.78 Å². The minimum absolute atomic E-state index is 0.0296. The third-order valence-corrected chi connectivity index (χ3v) is 2.68. The molecule has 1 rings (SSSR count). The highest BCUT2D eigenvalue weighted by Crippen LogP contribution is 2.17. The van der Waals surface area contributed by atoms with Crippen molar-refractivity contribution >= 4 is 5.78 Å². The highest BCUT2D eigenvalue weighted by atomic mass is 16.5. The van der Waals surface area contributed by atoms with Crippen LogP contribution in [0.5, 0.6) is 5.75 Å². The fraction of sp³-hybridized carbons (Fsp3) is 0.462. The van der Waals surface area contributed by atoms with Crippen molar-refractivity contribution in [2.24, 2.45) is 5.73 Å². The maximum Gasteiger partial charge on any atom is 0.182 e. The van der Waals surface area contributed by atoms with Gasteiger partial charge in [0.05, 0.1) is 12.1 Å². The van der Waals surface area contributed by atoms with Crippen molar-refractivity contribution in [3.05, 3.63) is 29.8 Å². The molecule has 3 nitrogen and oxygen atoms in total. The van der Waals surface area contributed by atoms with Crippen molar-refractivity contribution < 1.29 is 9.53 Å². The van der Waals surface area contributed by atoms with E-state index in [0.29, 0.717) is 18.6 Å². The molecule has 0 saturated carbocycles. The summed E-state index contributed by atoms with van der Waals surface area (Å²) >= 11 is 0. The van der Waals surface area contributed by atoms with Crippen LogP contribution in [0.15, 0.2) is 24.3 Å². The highest BCUT2D eigenvalue weighted by molar-refractivity contribution is 6.02. The van der Waals surface area contributed by atoms with Crippen LogP contribution in [0.3, 0.4) is 0 Å². The molecular weight excluding hydrogens is 202 g/mol. The Morgan fingerprint density at radius 3 is 2.31 bits per heavy atom. The van der Waals surface area contributed by atoms with E-state index < -0.39 is 5.54 Å². The van der Waals surface area contributed by atoms with Gasteiger partial charge in [0, 0.05) is 5.56 Å². The fourth-order valence-electron chi connectivity index (χ4n) is 1.36. The Kier molecular flexibility index (Phi) is 4.07. The average Bonchev–Trinajstić information content (AvgIpc) is 2.29. The molecule has 1 aromatic carbocycles. The van der Waals surface area contributed by atoms with Gasteiger partial charge in [-0.15, -0.1) is 0 Å². The van der Waals surface area contributed by atoms with Crippen LogP contribution in [-0.4, -0.2) is 17.9 Å². The lowest BCUT2D eigenvalue weighted by Crippen LogP contribution is -2.44. The molecular formula is C13H19NO2. The average molecular weight is 221 g/mol. The summed E-state index contributed by atoms with van der Waals surface area (Å²) in [4.78, 5) is 12.0. The van der Waals surface area contributed by atoms with E-state index in [1.807, 2.05) is 13.8 Å². The molecule has 0 amide bonds. The summed E-state index contributed by atoms with van der Waals surface area (Å²) in [6.07, 6.45) is 0.624. The second-order valence-electron chi connectivity index (χ2n) is 4.06. The van der Waals surface area contributed by atoms with E-state index in [1.165, 1.54) is 0 Å². The van der Waals surface area contributed by atoms with Crippen molar-refractivity contribution in [3.63, 3.8) is 0 Å². The number of Topliss-reactive ketones (excluding diaryl/α,β-unsaturated/α-hetero) is 1. The second kappa shape index (κ2) is 5.12. The van der Waals surface area contributed by atoms with E-state index in [0.717, 1.165) is 5.75 Å². The quantitative estimate of drug-likeness (QED) is 0.777. The van der Waals surface area contributed by atoms with Gasteiger partial charge in [-0.3, -0.25) is 4.79 Å². The van der Waals surface area contributed by atoms with Crippen LogP contribution >= 0.6 is 0 Å². The number of benzene rings is 1. The molecule has 1 aromatic rings. The third kappa shape index (κ3) is 2.83. The van der Waals surface area contributed by atoms with Gasteiger partial charge in [-0.25, -0.2) is 0 Å². The Labute approximate surface area is 96.6 Å². The lowest BCUT2D eigenvalue weighted by atomic mass is 9.90. The molecule has 0 aliphatic heterocycles. The number of hydrogen-bond donors (Lipinski definition) is 1. The molecule has 0 saturated heterocycles. The van der Waals surface area contributed by atoms with E-state index in [1.54, 1.807) is 31.2 Å². The van der Waals surface area contributed by atoms with Gasteiger partial charge in [0.1, 0.15) is 5.75 Å². The molecule has 1 atom stereocenters. The first-order chi connectivity index (χ1) is 7.51. The summed E-state index contributed by atoms with van der Waals surface area (Å²) in [6.45, 7) is 6.21. The van der Waals surface area contributed by atoms with Gasteiger partial charge in [-0.2, -0.15) is 0 Å². The topological polar surface area (TPSA) is 52.3 Å². The number of hydrogen-bond acceptors (Lipinski definition) is 3. The first kappa shape index (κ1) is 12.7. The fourth-order valence-corrected chi connectivity index (χ4v) is 1.36. The third-order valence-electron chi connectivity index (χ3n) is 2.68. The molecule has 0 aliphatic rings. The molecule has 0 heterocycles. The van der Waals surface area contributed by atoms with Crippen molar-refractivity contribution in [3.8, 4) is 5.75 Å². The van der Waals surface area contributed by atoms with E-state index >= 15 is 0 Å². The largest absolute Gasteiger partial charge is 0.494 e.